The van der Waals surface area contributed by atoms with Crippen LogP contribution in [0.4, 0.5) is 11.4 Å². The van der Waals surface area contributed by atoms with Crippen molar-refractivity contribution >= 4 is 17.3 Å². The van der Waals surface area contributed by atoms with E-state index in [1.807, 2.05) is 0 Å². The maximum atomic E-state index is 11.5. The summed E-state index contributed by atoms with van der Waals surface area (Å²) in [5, 5.41) is 13.3. The molecular weight excluding hydrogens is 208 g/mol. The Morgan fingerprint density at radius 3 is 2.69 bits per heavy atom. The van der Waals surface area contributed by atoms with Gasteiger partial charge in [0, 0.05) is 23.2 Å². The number of hydrogen-bond acceptors (Lipinski definition) is 3. The Hall–Kier alpha value is -1.91. The van der Waals surface area contributed by atoms with Gasteiger partial charge in [0.25, 0.3) is 5.69 Å². The van der Waals surface area contributed by atoms with Crippen LogP contribution < -0.4 is 5.32 Å². The molecule has 5 heteroatoms. The summed E-state index contributed by atoms with van der Waals surface area (Å²) in [5.41, 5.74) is 1.25. The number of nitro groups is 1. The van der Waals surface area contributed by atoms with E-state index >= 15 is 0 Å². The van der Waals surface area contributed by atoms with Crippen LogP contribution in [0.15, 0.2) is 18.2 Å². The topological polar surface area (TPSA) is 72.2 Å². The largest absolute Gasteiger partial charge is 0.326 e. The molecule has 1 aliphatic rings. The van der Waals surface area contributed by atoms with E-state index in [4.69, 9.17) is 0 Å². The quantitative estimate of drug-likeness (QED) is 0.627. The number of aryl methyl sites for hydroxylation is 1. The first kappa shape index (κ1) is 10.6. The number of anilines is 1. The third kappa shape index (κ3) is 2.18. The predicted molar refractivity (Wildman–Crippen MR) is 59.2 cm³/mol. The first-order valence-corrected chi connectivity index (χ1v) is 5.14. The zero-order chi connectivity index (χ0) is 11.7. The average molecular weight is 220 g/mol. The van der Waals surface area contributed by atoms with E-state index in [9.17, 15) is 14.9 Å². The fourth-order valence-corrected chi connectivity index (χ4v) is 1.53. The molecule has 0 aliphatic heterocycles. The monoisotopic (exact) mass is 220 g/mol. The molecule has 0 saturated heterocycles. The van der Waals surface area contributed by atoms with Gasteiger partial charge in [0.15, 0.2) is 0 Å². The second-order valence-electron chi connectivity index (χ2n) is 4.02. The van der Waals surface area contributed by atoms with E-state index in [1.165, 1.54) is 6.07 Å². The van der Waals surface area contributed by atoms with Gasteiger partial charge in [0.2, 0.25) is 5.91 Å². The second kappa shape index (κ2) is 3.92. The van der Waals surface area contributed by atoms with Gasteiger partial charge in [0.05, 0.1) is 4.92 Å². The Bertz CT molecular complexity index is 453. The minimum atomic E-state index is -0.429. The van der Waals surface area contributed by atoms with Crippen LogP contribution in [0.5, 0.6) is 0 Å². The van der Waals surface area contributed by atoms with Crippen molar-refractivity contribution in [3.63, 3.8) is 0 Å². The van der Waals surface area contributed by atoms with Gasteiger partial charge in [-0.05, 0) is 31.9 Å². The molecule has 0 aromatic heterocycles. The summed E-state index contributed by atoms with van der Waals surface area (Å²) in [6.45, 7) is 1.66. The van der Waals surface area contributed by atoms with Crippen molar-refractivity contribution in [1.29, 1.82) is 0 Å². The predicted octanol–water partition coefficient (Wildman–Crippen LogP) is 2.25. The maximum Gasteiger partial charge on any atom is 0.272 e. The molecule has 1 saturated carbocycles. The number of amides is 1. The molecule has 1 aromatic carbocycles. The summed E-state index contributed by atoms with van der Waals surface area (Å²) in [5.74, 6) is 0.142. The molecule has 0 spiro atoms. The number of nitrogens with one attached hydrogen (secondary N) is 1. The highest BCUT2D eigenvalue weighted by Crippen LogP contribution is 2.30. The minimum Gasteiger partial charge on any atom is -0.326 e. The Balaban J connectivity index is 2.14. The van der Waals surface area contributed by atoms with Crippen LogP contribution in [0, 0.1) is 23.0 Å². The van der Waals surface area contributed by atoms with Crippen molar-refractivity contribution < 1.29 is 9.72 Å². The summed E-state index contributed by atoms with van der Waals surface area (Å²) < 4.78 is 0. The number of carbonyl (C=O) groups is 1. The minimum absolute atomic E-state index is 0.00764. The standard InChI is InChI=1S/C11H12N2O3/c1-7-6-9(4-5-10(7)13(15)16)12-11(14)8-2-3-8/h4-6,8H,2-3H2,1H3,(H,12,14). The smallest absolute Gasteiger partial charge is 0.272 e. The molecular formula is C11H12N2O3. The number of carbonyl (C=O) groups excluding carboxylic acids is 1. The van der Waals surface area contributed by atoms with E-state index in [0.717, 1.165) is 12.8 Å². The summed E-state index contributed by atoms with van der Waals surface area (Å²) >= 11 is 0. The molecule has 0 unspecified atom stereocenters. The van der Waals surface area contributed by atoms with Gasteiger partial charge >= 0.3 is 0 Å². The SMILES string of the molecule is Cc1cc(NC(=O)C2CC2)ccc1[N+](=O)[O-]. The van der Waals surface area contributed by atoms with Crippen LogP contribution in [0.1, 0.15) is 18.4 Å². The summed E-state index contributed by atoms with van der Waals surface area (Å²) in [7, 11) is 0. The first-order chi connectivity index (χ1) is 7.58. The zero-order valence-corrected chi connectivity index (χ0v) is 8.90. The molecule has 84 valence electrons. The van der Waals surface area contributed by atoms with E-state index in [2.05, 4.69) is 5.32 Å². The fraction of sp³-hybridized carbons (Fsp3) is 0.364. The van der Waals surface area contributed by atoms with Crippen LogP contribution in [0.3, 0.4) is 0 Å². The van der Waals surface area contributed by atoms with Crippen LogP contribution >= 0.6 is 0 Å². The number of rotatable bonds is 3. The Labute approximate surface area is 92.6 Å². The third-order valence-electron chi connectivity index (χ3n) is 2.61. The first-order valence-electron chi connectivity index (χ1n) is 5.14. The molecule has 0 atom stereocenters. The third-order valence-corrected chi connectivity index (χ3v) is 2.61. The number of nitro benzene ring substituents is 1. The van der Waals surface area contributed by atoms with Gasteiger partial charge in [-0.15, -0.1) is 0 Å². The average Bonchev–Trinajstić information content (AvgIpc) is 2.99. The molecule has 1 amide bonds. The van der Waals surface area contributed by atoms with Crippen LogP contribution in [-0.2, 0) is 4.79 Å². The Kier molecular flexibility index (Phi) is 2.60. The van der Waals surface area contributed by atoms with Gasteiger partial charge in [-0.2, -0.15) is 0 Å². The molecule has 0 bridgehead atoms. The Morgan fingerprint density at radius 1 is 1.50 bits per heavy atom. The maximum absolute atomic E-state index is 11.5. The van der Waals surface area contributed by atoms with Crippen LogP contribution in [-0.4, -0.2) is 10.8 Å². The van der Waals surface area contributed by atoms with Crippen molar-refractivity contribution in [2.75, 3.05) is 5.32 Å². The molecule has 0 heterocycles. The lowest BCUT2D eigenvalue weighted by Gasteiger charge is -2.05. The lowest BCUT2D eigenvalue weighted by Crippen LogP contribution is -2.13. The second-order valence-corrected chi connectivity index (χ2v) is 4.02. The van der Waals surface area contributed by atoms with Crippen molar-refractivity contribution in [1.82, 2.24) is 0 Å². The highest BCUT2D eigenvalue weighted by atomic mass is 16.6. The van der Waals surface area contributed by atoms with Crippen LogP contribution in [0.25, 0.3) is 0 Å². The molecule has 5 nitrogen and oxygen atoms in total. The van der Waals surface area contributed by atoms with Crippen molar-refractivity contribution in [2.45, 2.75) is 19.8 Å². The van der Waals surface area contributed by atoms with Crippen LogP contribution in [0.2, 0.25) is 0 Å². The number of nitrogens with zero attached hydrogens (tertiary/aromatic N) is 1. The van der Waals surface area contributed by atoms with Crippen molar-refractivity contribution in [3.8, 4) is 0 Å². The normalized spacial score (nSPS) is 14.6. The number of hydrogen-bond donors (Lipinski definition) is 1. The number of benzene rings is 1. The molecule has 0 radical (unpaired) electrons. The van der Waals surface area contributed by atoms with Gasteiger partial charge in [-0.1, -0.05) is 0 Å². The van der Waals surface area contributed by atoms with E-state index in [1.54, 1.807) is 19.1 Å². The van der Waals surface area contributed by atoms with Gasteiger partial charge in [0.1, 0.15) is 0 Å². The zero-order valence-electron chi connectivity index (χ0n) is 8.90. The highest BCUT2D eigenvalue weighted by molar-refractivity contribution is 5.94. The van der Waals surface area contributed by atoms with E-state index in [-0.39, 0.29) is 17.5 Å². The van der Waals surface area contributed by atoms with Gasteiger partial charge in [-0.25, -0.2) is 0 Å². The lowest BCUT2D eigenvalue weighted by molar-refractivity contribution is -0.385. The van der Waals surface area contributed by atoms with E-state index < -0.39 is 4.92 Å². The summed E-state index contributed by atoms with van der Waals surface area (Å²) in [4.78, 5) is 21.6. The molecule has 16 heavy (non-hydrogen) atoms. The lowest BCUT2D eigenvalue weighted by atomic mass is 10.2. The van der Waals surface area contributed by atoms with Gasteiger partial charge in [-0.3, -0.25) is 14.9 Å². The summed E-state index contributed by atoms with van der Waals surface area (Å²) in [6.07, 6.45) is 1.88. The molecule has 1 N–H and O–H groups in total. The van der Waals surface area contributed by atoms with Gasteiger partial charge < -0.3 is 5.32 Å². The van der Waals surface area contributed by atoms with Crippen molar-refractivity contribution in [2.24, 2.45) is 5.92 Å². The van der Waals surface area contributed by atoms with Crippen molar-refractivity contribution in [3.05, 3.63) is 33.9 Å². The molecule has 2 rings (SSSR count). The van der Waals surface area contributed by atoms with E-state index in [0.29, 0.717) is 11.3 Å². The molecule has 1 aromatic rings. The highest BCUT2D eigenvalue weighted by Gasteiger charge is 2.29. The Morgan fingerprint density at radius 2 is 2.19 bits per heavy atom. The molecule has 1 fully saturated rings. The molecule has 1 aliphatic carbocycles. The summed E-state index contributed by atoms with van der Waals surface area (Å²) in [6, 6.07) is 4.60. The fourth-order valence-electron chi connectivity index (χ4n) is 1.53.